The lowest BCUT2D eigenvalue weighted by Crippen LogP contribution is -2.10. The third kappa shape index (κ3) is 3.16. The van der Waals surface area contributed by atoms with E-state index in [4.69, 9.17) is 32.7 Å². The molecule has 1 saturated carbocycles. The highest BCUT2D eigenvalue weighted by Crippen LogP contribution is 2.29. The van der Waals surface area contributed by atoms with Gasteiger partial charge in [0.2, 0.25) is 5.28 Å². The fraction of sp³-hybridized carbons (Fsp3) is 0.538. The molecule has 0 aromatic carbocycles. The van der Waals surface area contributed by atoms with E-state index in [9.17, 15) is 4.79 Å². The van der Waals surface area contributed by atoms with E-state index in [0.717, 1.165) is 6.61 Å². The molecule has 0 N–H and O–H groups in total. The first-order valence-corrected chi connectivity index (χ1v) is 7.61. The molecule has 3 rings (SSSR count). The van der Waals surface area contributed by atoms with Gasteiger partial charge in [0.1, 0.15) is 11.0 Å². The fourth-order valence-electron chi connectivity index (χ4n) is 2.10. The summed E-state index contributed by atoms with van der Waals surface area (Å²) in [5, 5.41) is 4.30. The number of methoxy groups -OCH3 is 1. The Balaban J connectivity index is 1.88. The molecule has 0 amide bonds. The van der Waals surface area contributed by atoms with Crippen molar-refractivity contribution >= 4 is 40.2 Å². The monoisotopic (exact) mass is 344 g/mol. The first-order chi connectivity index (χ1) is 10.6. The summed E-state index contributed by atoms with van der Waals surface area (Å²) in [6.07, 6.45) is 2.46. The summed E-state index contributed by atoms with van der Waals surface area (Å²) in [4.78, 5) is 19.7. The smallest absolute Gasteiger partial charge is 0.360 e. The van der Waals surface area contributed by atoms with Crippen molar-refractivity contribution in [2.45, 2.75) is 19.4 Å². The molecule has 0 radical (unpaired) electrons. The van der Waals surface area contributed by atoms with Crippen molar-refractivity contribution in [1.82, 2.24) is 19.7 Å². The van der Waals surface area contributed by atoms with Crippen molar-refractivity contribution in [3.05, 3.63) is 16.1 Å². The molecule has 2 aromatic heterocycles. The number of nitrogens with zero attached hydrogens (tertiary/aromatic N) is 4. The lowest BCUT2D eigenvalue weighted by Gasteiger charge is -2.05. The third-order valence-electron chi connectivity index (χ3n) is 3.39. The number of carbonyl (C=O) groups excluding carboxylic acids is 1. The maximum absolute atomic E-state index is 11.8. The van der Waals surface area contributed by atoms with Crippen LogP contribution < -0.4 is 0 Å². The van der Waals surface area contributed by atoms with E-state index in [2.05, 4.69) is 15.1 Å². The summed E-state index contributed by atoms with van der Waals surface area (Å²) in [5.74, 6) is 0.0826. The maximum atomic E-state index is 11.8. The van der Waals surface area contributed by atoms with Crippen LogP contribution in [0.15, 0.2) is 0 Å². The molecular formula is C13H14Cl2N4O3. The summed E-state index contributed by atoms with van der Waals surface area (Å²) in [6, 6.07) is 0. The summed E-state index contributed by atoms with van der Waals surface area (Å²) < 4.78 is 11.8. The van der Waals surface area contributed by atoms with Crippen LogP contribution >= 0.6 is 23.2 Å². The molecule has 1 fully saturated rings. The van der Waals surface area contributed by atoms with Crippen LogP contribution in [-0.2, 0) is 16.0 Å². The van der Waals surface area contributed by atoms with Crippen LogP contribution in [0.3, 0.4) is 0 Å². The molecule has 0 atom stereocenters. The molecule has 0 saturated heterocycles. The zero-order valence-corrected chi connectivity index (χ0v) is 13.4. The number of aromatic nitrogens is 4. The highest BCUT2D eigenvalue weighted by atomic mass is 35.5. The molecule has 1 aliphatic carbocycles. The molecular weight excluding hydrogens is 331 g/mol. The van der Waals surface area contributed by atoms with E-state index in [-0.39, 0.29) is 21.6 Å². The Morgan fingerprint density at radius 3 is 2.82 bits per heavy atom. The van der Waals surface area contributed by atoms with Crippen LogP contribution in [0, 0.1) is 5.92 Å². The van der Waals surface area contributed by atoms with E-state index in [1.54, 1.807) is 4.68 Å². The number of hydrogen-bond acceptors (Lipinski definition) is 6. The average Bonchev–Trinajstić information content (AvgIpc) is 3.24. The third-order valence-corrected chi connectivity index (χ3v) is 3.83. The normalized spacial score (nSPS) is 14.5. The van der Waals surface area contributed by atoms with Gasteiger partial charge in [0.25, 0.3) is 0 Å². The molecule has 7 nitrogen and oxygen atoms in total. The van der Waals surface area contributed by atoms with E-state index in [0.29, 0.717) is 24.6 Å². The number of rotatable bonds is 6. The molecule has 1 aliphatic rings. The predicted molar refractivity (Wildman–Crippen MR) is 80.2 cm³/mol. The van der Waals surface area contributed by atoms with Crippen molar-refractivity contribution in [3.63, 3.8) is 0 Å². The van der Waals surface area contributed by atoms with Gasteiger partial charge in [0, 0.05) is 6.61 Å². The molecule has 22 heavy (non-hydrogen) atoms. The summed E-state index contributed by atoms with van der Waals surface area (Å²) in [6.45, 7) is 1.65. The predicted octanol–water partition coefficient (Wildman–Crippen LogP) is 2.35. The fourth-order valence-corrected chi connectivity index (χ4v) is 2.57. The van der Waals surface area contributed by atoms with Gasteiger partial charge in [-0.25, -0.2) is 14.8 Å². The number of halogens is 2. The van der Waals surface area contributed by atoms with Crippen LogP contribution in [-0.4, -0.2) is 46.0 Å². The summed E-state index contributed by atoms with van der Waals surface area (Å²) in [5.41, 5.74) is 0.784. The van der Waals surface area contributed by atoms with Crippen LogP contribution in [0.4, 0.5) is 0 Å². The van der Waals surface area contributed by atoms with Gasteiger partial charge in [-0.2, -0.15) is 5.10 Å². The van der Waals surface area contributed by atoms with Crippen LogP contribution in [0.25, 0.3) is 11.0 Å². The molecule has 2 aromatic rings. The van der Waals surface area contributed by atoms with Crippen LogP contribution in [0.1, 0.15) is 23.3 Å². The molecule has 118 valence electrons. The van der Waals surface area contributed by atoms with Crippen molar-refractivity contribution in [2.24, 2.45) is 5.92 Å². The van der Waals surface area contributed by atoms with Gasteiger partial charge in [-0.05, 0) is 30.4 Å². The average molecular weight is 345 g/mol. The Morgan fingerprint density at radius 1 is 1.36 bits per heavy atom. The molecule has 0 bridgehead atoms. The number of ether oxygens (including phenoxy) is 2. The first-order valence-electron chi connectivity index (χ1n) is 6.85. The minimum absolute atomic E-state index is 0.0489. The zero-order chi connectivity index (χ0) is 15.7. The second kappa shape index (κ2) is 6.36. The second-order valence-electron chi connectivity index (χ2n) is 5.06. The standard InChI is InChI=1S/C13H14Cl2N4O3/c1-21-12(20)9-8-10(11(14)17-13(15)16-8)19(18-9)4-5-22-6-7-2-3-7/h7H,2-6H2,1H3. The Labute approximate surface area is 136 Å². The molecule has 0 spiro atoms. The number of hydrogen-bond donors (Lipinski definition) is 0. The van der Waals surface area contributed by atoms with E-state index in [1.807, 2.05) is 0 Å². The van der Waals surface area contributed by atoms with Gasteiger partial charge in [-0.15, -0.1) is 0 Å². The van der Waals surface area contributed by atoms with Crippen molar-refractivity contribution in [3.8, 4) is 0 Å². The molecule has 0 aliphatic heterocycles. The molecule has 2 heterocycles. The largest absolute Gasteiger partial charge is 0.464 e. The maximum Gasteiger partial charge on any atom is 0.360 e. The number of carbonyl (C=O) groups is 1. The van der Waals surface area contributed by atoms with E-state index < -0.39 is 5.97 Å². The first kappa shape index (κ1) is 15.5. The number of esters is 1. The lowest BCUT2D eigenvalue weighted by molar-refractivity contribution is 0.0593. The SMILES string of the molecule is COC(=O)c1nn(CCOCC2CC2)c2c(Cl)nc(Cl)nc12. The van der Waals surface area contributed by atoms with Crippen LogP contribution in [0.5, 0.6) is 0 Å². The quantitative estimate of drug-likeness (QED) is 0.346. The molecule has 0 unspecified atom stereocenters. The van der Waals surface area contributed by atoms with Gasteiger partial charge < -0.3 is 9.47 Å². The summed E-state index contributed by atoms with van der Waals surface area (Å²) >= 11 is 11.9. The van der Waals surface area contributed by atoms with Crippen LogP contribution in [0.2, 0.25) is 10.4 Å². The summed E-state index contributed by atoms with van der Waals surface area (Å²) in [7, 11) is 1.27. The Bertz CT molecular complexity index is 715. The molecule has 9 heteroatoms. The van der Waals surface area contributed by atoms with Gasteiger partial charge >= 0.3 is 5.97 Å². The van der Waals surface area contributed by atoms with Crippen molar-refractivity contribution in [1.29, 1.82) is 0 Å². The zero-order valence-electron chi connectivity index (χ0n) is 11.9. The highest BCUT2D eigenvalue weighted by molar-refractivity contribution is 6.35. The topological polar surface area (TPSA) is 79.1 Å². The Morgan fingerprint density at radius 2 is 2.14 bits per heavy atom. The van der Waals surface area contributed by atoms with E-state index >= 15 is 0 Å². The minimum atomic E-state index is -0.603. The second-order valence-corrected chi connectivity index (χ2v) is 5.76. The van der Waals surface area contributed by atoms with Gasteiger partial charge in [0.15, 0.2) is 10.8 Å². The Kier molecular flexibility index (Phi) is 4.46. The van der Waals surface area contributed by atoms with Gasteiger partial charge in [-0.1, -0.05) is 11.6 Å². The Hall–Kier alpha value is -1.44. The van der Waals surface area contributed by atoms with Gasteiger partial charge in [-0.3, -0.25) is 4.68 Å². The number of fused-ring (bicyclic) bond motifs is 1. The van der Waals surface area contributed by atoms with Crippen molar-refractivity contribution < 1.29 is 14.3 Å². The van der Waals surface area contributed by atoms with Crippen molar-refractivity contribution in [2.75, 3.05) is 20.3 Å². The minimum Gasteiger partial charge on any atom is -0.464 e. The highest BCUT2D eigenvalue weighted by Gasteiger charge is 2.23. The van der Waals surface area contributed by atoms with Gasteiger partial charge in [0.05, 0.1) is 20.3 Å². The lowest BCUT2D eigenvalue weighted by atomic mass is 10.3. The van der Waals surface area contributed by atoms with E-state index in [1.165, 1.54) is 20.0 Å².